The third-order valence-electron chi connectivity index (χ3n) is 3.81. The minimum absolute atomic E-state index is 0.0298. The van der Waals surface area contributed by atoms with Gasteiger partial charge in [-0.2, -0.15) is 0 Å². The summed E-state index contributed by atoms with van der Waals surface area (Å²) in [6.45, 7) is 4.46. The Balaban J connectivity index is 2.68. The normalized spacial score (nSPS) is 20.6. The third kappa shape index (κ3) is 2.97. The van der Waals surface area contributed by atoms with Crippen molar-refractivity contribution in [1.29, 1.82) is 0 Å². The van der Waals surface area contributed by atoms with E-state index < -0.39 is 17.5 Å². The van der Waals surface area contributed by atoms with E-state index in [9.17, 15) is 19.8 Å². The highest BCUT2D eigenvalue weighted by Crippen LogP contribution is 2.32. The summed E-state index contributed by atoms with van der Waals surface area (Å²) in [5.74, 6) is -1.07. The highest BCUT2D eigenvalue weighted by atomic mass is 16.4. The average Bonchev–Trinajstić information content (AvgIpc) is 2.72. The van der Waals surface area contributed by atoms with Crippen molar-refractivity contribution >= 4 is 11.9 Å². The van der Waals surface area contributed by atoms with Gasteiger partial charge in [-0.1, -0.05) is 13.8 Å². The molecular formula is C12H21NO4. The summed E-state index contributed by atoms with van der Waals surface area (Å²) >= 11 is 0. The van der Waals surface area contributed by atoms with Crippen LogP contribution in [0.25, 0.3) is 0 Å². The lowest BCUT2D eigenvalue weighted by molar-refractivity contribution is -0.154. The van der Waals surface area contributed by atoms with Crippen LogP contribution in [0.1, 0.15) is 39.5 Å². The Bertz CT molecular complexity index is 299. The molecule has 1 aliphatic rings. The van der Waals surface area contributed by atoms with Gasteiger partial charge in [-0.05, 0) is 19.3 Å². The molecule has 0 aromatic heterocycles. The van der Waals surface area contributed by atoms with E-state index in [0.717, 1.165) is 0 Å². The first-order valence-corrected chi connectivity index (χ1v) is 6.14. The molecule has 0 spiro atoms. The third-order valence-corrected chi connectivity index (χ3v) is 3.81. The lowest BCUT2D eigenvalue weighted by Crippen LogP contribution is -2.38. The first-order valence-electron chi connectivity index (χ1n) is 6.14. The molecule has 0 unspecified atom stereocenters. The molecule has 0 aromatic rings. The standard InChI is InChI=1S/C12H21NO4/c1-3-12(4-2,11(16)17)7-10(15)13-6-5-9(14)8-13/h9,14H,3-8H2,1-2H3,(H,16,17)/t9-/m0/s1. The van der Waals surface area contributed by atoms with Crippen LogP contribution in [0.3, 0.4) is 0 Å². The number of hydrogen-bond acceptors (Lipinski definition) is 3. The SMILES string of the molecule is CCC(CC)(CC(=O)N1CC[C@H](O)C1)C(=O)O. The van der Waals surface area contributed by atoms with Gasteiger partial charge in [0.1, 0.15) is 0 Å². The Kier molecular flexibility index (Phi) is 4.51. The van der Waals surface area contributed by atoms with Gasteiger partial charge in [0.15, 0.2) is 0 Å². The molecule has 1 aliphatic heterocycles. The second-order valence-electron chi connectivity index (χ2n) is 4.75. The molecule has 1 saturated heterocycles. The van der Waals surface area contributed by atoms with Crippen LogP contribution in [0, 0.1) is 5.41 Å². The summed E-state index contributed by atoms with van der Waals surface area (Å²) in [4.78, 5) is 24.8. The number of carbonyl (C=O) groups is 2. The van der Waals surface area contributed by atoms with Crippen LogP contribution in [0.2, 0.25) is 0 Å². The minimum Gasteiger partial charge on any atom is -0.481 e. The summed E-state index contributed by atoms with van der Waals surface area (Å²) in [5, 5.41) is 18.6. The van der Waals surface area contributed by atoms with Crippen molar-refractivity contribution in [3.05, 3.63) is 0 Å². The molecule has 0 bridgehead atoms. The lowest BCUT2D eigenvalue weighted by Gasteiger charge is -2.28. The maximum atomic E-state index is 12.0. The molecule has 0 radical (unpaired) electrons. The van der Waals surface area contributed by atoms with Gasteiger partial charge in [0.05, 0.1) is 11.5 Å². The van der Waals surface area contributed by atoms with Crippen molar-refractivity contribution < 1.29 is 19.8 Å². The monoisotopic (exact) mass is 243 g/mol. The molecular weight excluding hydrogens is 222 g/mol. The van der Waals surface area contributed by atoms with Gasteiger partial charge in [-0.3, -0.25) is 9.59 Å². The van der Waals surface area contributed by atoms with E-state index in [1.54, 1.807) is 18.7 Å². The maximum absolute atomic E-state index is 12.0. The molecule has 5 heteroatoms. The van der Waals surface area contributed by atoms with E-state index in [-0.39, 0.29) is 12.3 Å². The summed E-state index contributed by atoms with van der Waals surface area (Å²) in [5.41, 5.74) is -0.954. The van der Waals surface area contributed by atoms with E-state index >= 15 is 0 Å². The number of amides is 1. The maximum Gasteiger partial charge on any atom is 0.310 e. The van der Waals surface area contributed by atoms with E-state index in [1.165, 1.54) is 0 Å². The smallest absolute Gasteiger partial charge is 0.310 e. The van der Waals surface area contributed by atoms with Crippen molar-refractivity contribution in [1.82, 2.24) is 4.90 Å². The predicted octanol–water partition coefficient (Wildman–Crippen LogP) is 0.861. The van der Waals surface area contributed by atoms with Crippen LogP contribution < -0.4 is 0 Å². The Labute approximate surface area is 101 Å². The predicted molar refractivity (Wildman–Crippen MR) is 62.5 cm³/mol. The van der Waals surface area contributed by atoms with Gasteiger partial charge in [0, 0.05) is 19.5 Å². The number of hydrogen-bond donors (Lipinski definition) is 2. The Morgan fingerprint density at radius 2 is 1.94 bits per heavy atom. The van der Waals surface area contributed by atoms with Crippen LogP contribution in [0.15, 0.2) is 0 Å². The number of aliphatic carboxylic acids is 1. The second-order valence-corrected chi connectivity index (χ2v) is 4.75. The van der Waals surface area contributed by atoms with Gasteiger partial charge in [-0.25, -0.2) is 0 Å². The topological polar surface area (TPSA) is 77.8 Å². The quantitative estimate of drug-likeness (QED) is 0.750. The molecule has 1 fully saturated rings. The largest absolute Gasteiger partial charge is 0.481 e. The number of aliphatic hydroxyl groups excluding tert-OH is 1. The molecule has 0 saturated carbocycles. The van der Waals surface area contributed by atoms with E-state index in [1.807, 2.05) is 0 Å². The number of rotatable bonds is 5. The summed E-state index contributed by atoms with van der Waals surface area (Å²) < 4.78 is 0. The fraction of sp³-hybridized carbons (Fsp3) is 0.833. The molecule has 0 aromatic carbocycles. The van der Waals surface area contributed by atoms with Crippen LogP contribution in [0.5, 0.6) is 0 Å². The highest BCUT2D eigenvalue weighted by Gasteiger charge is 2.39. The fourth-order valence-corrected chi connectivity index (χ4v) is 2.25. The molecule has 1 atom stereocenters. The molecule has 17 heavy (non-hydrogen) atoms. The Hall–Kier alpha value is -1.10. The second kappa shape index (κ2) is 5.49. The molecule has 1 heterocycles. The van der Waals surface area contributed by atoms with Crippen molar-refractivity contribution in [2.75, 3.05) is 13.1 Å². The summed E-state index contributed by atoms with van der Waals surface area (Å²) in [6, 6.07) is 0. The van der Waals surface area contributed by atoms with Crippen molar-refractivity contribution in [2.45, 2.75) is 45.6 Å². The van der Waals surface area contributed by atoms with Gasteiger partial charge in [-0.15, -0.1) is 0 Å². The number of carbonyl (C=O) groups excluding carboxylic acids is 1. The lowest BCUT2D eigenvalue weighted by atomic mass is 9.79. The van der Waals surface area contributed by atoms with E-state index in [0.29, 0.717) is 32.4 Å². The Morgan fingerprint density at radius 1 is 1.35 bits per heavy atom. The highest BCUT2D eigenvalue weighted by molar-refractivity contribution is 5.85. The van der Waals surface area contributed by atoms with Crippen LogP contribution in [-0.4, -0.2) is 46.2 Å². The van der Waals surface area contributed by atoms with Gasteiger partial charge in [0.25, 0.3) is 0 Å². The van der Waals surface area contributed by atoms with Gasteiger partial charge < -0.3 is 15.1 Å². The first-order chi connectivity index (χ1) is 7.95. The zero-order valence-corrected chi connectivity index (χ0v) is 10.5. The van der Waals surface area contributed by atoms with Crippen molar-refractivity contribution in [3.8, 4) is 0 Å². The van der Waals surface area contributed by atoms with Crippen molar-refractivity contribution in [2.24, 2.45) is 5.41 Å². The molecule has 0 aliphatic carbocycles. The van der Waals surface area contributed by atoms with E-state index in [4.69, 9.17) is 0 Å². The molecule has 98 valence electrons. The van der Waals surface area contributed by atoms with E-state index in [2.05, 4.69) is 0 Å². The van der Waals surface area contributed by atoms with Gasteiger partial charge >= 0.3 is 5.97 Å². The van der Waals surface area contributed by atoms with Gasteiger partial charge in [0.2, 0.25) is 5.91 Å². The molecule has 2 N–H and O–H groups in total. The number of carboxylic acids is 1. The summed E-state index contributed by atoms with van der Waals surface area (Å²) in [6.07, 6.45) is 1.05. The zero-order chi connectivity index (χ0) is 13.1. The number of nitrogens with zero attached hydrogens (tertiary/aromatic N) is 1. The average molecular weight is 243 g/mol. The summed E-state index contributed by atoms with van der Waals surface area (Å²) in [7, 11) is 0. The fourth-order valence-electron chi connectivity index (χ4n) is 2.25. The molecule has 5 nitrogen and oxygen atoms in total. The Morgan fingerprint density at radius 3 is 2.29 bits per heavy atom. The molecule has 1 rings (SSSR count). The van der Waals surface area contributed by atoms with Crippen LogP contribution in [-0.2, 0) is 9.59 Å². The number of likely N-dealkylation sites (tertiary alicyclic amines) is 1. The van der Waals surface area contributed by atoms with Crippen LogP contribution >= 0.6 is 0 Å². The molecule has 1 amide bonds. The number of β-amino-alcohol motifs (C(OH)–C–C–N with tert-alkyl or cyclic N) is 1. The number of carboxylic acid groups (broad SMARTS) is 1. The first kappa shape index (κ1) is 14.0. The number of aliphatic hydroxyl groups is 1. The van der Waals surface area contributed by atoms with Crippen LogP contribution in [0.4, 0.5) is 0 Å². The minimum atomic E-state index is -0.954. The van der Waals surface area contributed by atoms with Crippen molar-refractivity contribution in [3.63, 3.8) is 0 Å². The zero-order valence-electron chi connectivity index (χ0n) is 10.5.